The molecule has 0 fully saturated rings. The van der Waals surface area contributed by atoms with Crippen LogP contribution in [0, 0.1) is 0 Å². The maximum absolute atomic E-state index is 12.0. The van der Waals surface area contributed by atoms with Gasteiger partial charge in [-0.05, 0) is 23.3 Å². The molecule has 2 aromatic rings. The molecule has 2 N–H and O–H groups in total. The first-order valence-electron chi connectivity index (χ1n) is 7.07. The summed E-state index contributed by atoms with van der Waals surface area (Å²) >= 11 is 10.8. The van der Waals surface area contributed by atoms with Crippen molar-refractivity contribution >= 4 is 35.0 Å². The SMILES string of the molecule is O=C(NCCNC(=O)C(Cl)Cl)c1ccc(-c2ccccc2)cc1. The fourth-order valence-corrected chi connectivity index (χ4v) is 2.14. The molecule has 0 saturated carbocycles. The molecule has 2 aromatic carbocycles. The maximum Gasteiger partial charge on any atom is 0.253 e. The lowest BCUT2D eigenvalue weighted by Gasteiger charge is -2.08. The summed E-state index contributed by atoms with van der Waals surface area (Å²) < 4.78 is 0. The molecule has 120 valence electrons. The number of halogens is 2. The van der Waals surface area contributed by atoms with Crippen molar-refractivity contribution in [1.29, 1.82) is 0 Å². The van der Waals surface area contributed by atoms with Crippen LogP contribution in [0.2, 0.25) is 0 Å². The predicted octanol–water partition coefficient (Wildman–Crippen LogP) is 3.00. The van der Waals surface area contributed by atoms with Gasteiger partial charge in [0.25, 0.3) is 11.8 Å². The normalized spacial score (nSPS) is 10.4. The molecular weight excluding hydrogens is 335 g/mol. The van der Waals surface area contributed by atoms with E-state index in [0.29, 0.717) is 12.1 Å². The molecule has 0 spiro atoms. The van der Waals surface area contributed by atoms with Gasteiger partial charge in [-0.3, -0.25) is 9.59 Å². The van der Waals surface area contributed by atoms with Crippen LogP contribution >= 0.6 is 23.2 Å². The average Bonchev–Trinajstić information content (AvgIpc) is 2.59. The molecule has 0 aliphatic rings. The summed E-state index contributed by atoms with van der Waals surface area (Å²) in [5, 5.41) is 5.21. The lowest BCUT2D eigenvalue weighted by molar-refractivity contribution is -0.119. The van der Waals surface area contributed by atoms with Crippen LogP contribution in [0.4, 0.5) is 0 Å². The molecule has 2 rings (SSSR count). The molecule has 0 aromatic heterocycles. The Balaban J connectivity index is 1.85. The highest BCUT2D eigenvalue weighted by Gasteiger charge is 2.10. The molecule has 4 nitrogen and oxygen atoms in total. The zero-order valence-corrected chi connectivity index (χ0v) is 13.8. The van der Waals surface area contributed by atoms with E-state index >= 15 is 0 Å². The van der Waals surface area contributed by atoms with Gasteiger partial charge in [-0.25, -0.2) is 0 Å². The van der Waals surface area contributed by atoms with Gasteiger partial charge in [-0.2, -0.15) is 0 Å². The van der Waals surface area contributed by atoms with E-state index in [1.54, 1.807) is 12.1 Å². The Morgan fingerprint density at radius 3 is 2.00 bits per heavy atom. The minimum absolute atomic E-state index is 0.202. The Morgan fingerprint density at radius 1 is 0.826 bits per heavy atom. The van der Waals surface area contributed by atoms with E-state index in [4.69, 9.17) is 23.2 Å². The first-order chi connectivity index (χ1) is 11.1. The second kappa shape index (κ2) is 8.56. The summed E-state index contributed by atoms with van der Waals surface area (Å²) in [5.74, 6) is -0.679. The quantitative estimate of drug-likeness (QED) is 0.621. The summed E-state index contributed by atoms with van der Waals surface area (Å²) in [5.41, 5.74) is 2.70. The zero-order valence-electron chi connectivity index (χ0n) is 12.3. The number of hydrogen-bond donors (Lipinski definition) is 2. The Labute approximate surface area is 144 Å². The van der Waals surface area contributed by atoms with Crippen LogP contribution in [0.15, 0.2) is 54.6 Å². The van der Waals surface area contributed by atoms with Crippen molar-refractivity contribution in [3.63, 3.8) is 0 Å². The molecule has 0 saturated heterocycles. The third-order valence-electron chi connectivity index (χ3n) is 3.16. The van der Waals surface area contributed by atoms with E-state index in [1.165, 1.54) is 0 Å². The van der Waals surface area contributed by atoms with Crippen molar-refractivity contribution in [2.45, 2.75) is 4.84 Å². The number of hydrogen-bond acceptors (Lipinski definition) is 2. The van der Waals surface area contributed by atoms with E-state index in [-0.39, 0.29) is 12.5 Å². The molecule has 23 heavy (non-hydrogen) atoms. The van der Waals surface area contributed by atoms with Crippen LogP contribution in [-0.4, -0.2) is 29.7 Å². The summed E-state index contributed by atoms with van der Waals surface area (Å²) in [6.45, 7) is 0.564. The summed E-state index contributed by atoms with van der Waals surface area (Å²) in [6, 6.07) is 17.3. The Bertz CT molecular complexity index is 658. The van der Waals surface area contributed by atoms with Crippen LogP contribution in [-0.2, 0) is 4.79 Å². The minimum Gasteiger partial charge on any atom is -0.352 e. The number of rotatable bonds is 6. The van der Waals surface area contributed by atoms with Crippen LogP contribution in [0.1, 0.15) is 10.4 Å². The minimum atomic E-state index is -1.10. The molecule has 0 aliphatic heterocycles. The number of carbonyl (C=O) groups is 2. The lowest BCUT2D eigenvalue weighted by Crippen LogP contribution is -2.36. The number of alkyl halides is 2. The molecule has 0 unspecified atom stereocenters. The highest BCUT2D eigenvalue weighted by Crippen LogP contribution is 2.19. The van der Waals surface area contributed by atoms with Gasteiger partial charge in [0.15, 0.2) is 4.84 Å². The van der Waals surface area contributed by atoms with Crippen molar-refractivity contribution < 1.29 is 9.59 Å². The van der Waals surface area contributed by atoms with E-state index in [0.717, 1.165) is 11.1 Å². The van der Waals surface area contributed by atoms with Gasteiger partial charge in [0.05, 0.1) is 0 Å². The molecule has 6 heteroatoms. The molecule has 0 bridgehead atoms. The first kappa shape index (κ1) is 17.3. The van der Waals surface area contributed by atoms with Gasteiger partial charge in [0.2, 0.25) is 0 Å². The zero-order chi connectivity index (χ0) is 16.7. The lowest BCUT2D eigenvalue weighted by atomic mass is 10.0. The van der Waals surface area contributed by atoms with Crippen LogP contribution in [0.5, 0.6) is 0 Å². The topological polar surface area (TPSA) is 58.2 Å². The van der Waals surface area contributed by atoms with Crippen LogP contribution < -0.4 is 10.6 Å². The van der Waals surface area contributed by atoms with Crippen molar-refractivity contribution in [2.24, 2.45) is 0 Å². The van der Waals surface area contributed by atoms with Gasteiger partial charge in [0, 0.05) is 18.7 Å². The molecule has 0 radical (unpaired) electrons. The predicted molar refractivity (Wildman–Crippen MR) is 92.7 cm³/mol. The molecule has 0 aliphatic carbocycles. The van der Waals surface area contributed by atoms with Gasteiger partial charge in [-0.15, -0.1) is 0 Å². The maximum atomic E-state index is 12.0. The van der Waals surface area contributed by atoms with Crippen molar-refractivity contribution in [1.82, 2.24) is 10.6 Å². The summed E-state index contributed by atoms with van der Waals surface area (Å²) in [4.78, 5) is 22.0. The van der Waals surface area contributed by atoms with E-state index in [9.17, 15) is 9.59 Å². The Morgan fingerprint density at radius 2 is 1.39 bits per heavy atom. The van der Waals surface area contributed by atoms with Gasteiger partial charge >= 0.3 is 0 Å². The van der Waals surface area contributed by atoms with E-state index < -0.39 is 10.7 Å². The third-order valence-corrected chi connectivity index (χ3v) is 3.56. The molecule has 0 heterocycles. The summed E-state index contributed by atoms with van der Waals surface area (Å²) in [7, 11) is 0. The second-order valence-corrected chi connectivity index (χ2v) is 5.89. The highest BCUT2D eigenvalue weighted by atomic mass is 35.5. The number of benzene rings is 2. The van der Waals surface area contributed by atoms with E-state index in [1.807, 2.05) is 42.5 Å². The number of carbonyl (C=O) groups excluding carboxylic acids is 2. The third kappa shape index (κ3) is 5.27. The fraction of sp³-hybridized carbons (Fsp3) is 0.176. The van der Waals surface area contributed by atoms with Crippen LogP contribution in [0.3, 0.4) is 0 Å². The highest BCUT2D eigenvalue weighted by molar-refractivity contribution is 6.53. The number of amides is 2. The average molecular weight is 351 g/mol. The van der Waals surface area contributed by atoms with Crippen molar-refractivity contribution in [2.75, 3.05) is 13.1 Å². The Kier molecular flexibility index (Phi) is 6.44. The largest absolute Gasteiger partial charge is 0.352 e. The molecule has 0 atom stereocenters. The number of nitrogens with one attached hydrogen (secondary N) is 2. The van der Waals surface area contributed by atoms with Gasteiger partial charge in [0.1, 0.15) is 0 Å². The second-order valence-electron chi connectivity index (χ2n) is 4.79. The molecule has 2 amide bonds. The van der Waals surface area contributed by atoms with Gasteiger partial charge in [-0.1, -0.05) is 65.7 Å². The van der Waals surface area contributed by atoms with Crippen molar-refractivity contribution in [3.8, 4) is 11.1 Å². The fourth-order valence-electron chi connectivity index (χ4n) is 1.99. The van der Waals surface area contributed by atoms with Gasteiger partial charge < -0.3 is 10.6 Å². The van der Waals surface area contributed by atoms with E-state index in [2.05, 4.69) is 10.6 Å². The Hall–Kier alpha value is -2.04. The monoisotopic (exact) mass is 350 g/mol. The standard InChI is InChI=1S/C17H16Cl2N2O2/c18-15(19)17(23)21-11-10-20-16(22)14-8-6-13(7-9-14)12-4-2-1-3-5-12/h1-9,15H,10-11H2,(H,20,22)(H,21,23). The summed E-state index contributed by atoms with van der Waals surface area (Å²) in [6.07, 6.45) is 0. The molecular formula is C17H16Cl2N2O2. The smallest absolute Gasteiger partial charge is 0.253 e. The first-order valence-corrected chi connectivity index (χ1v) is 7.95. The van der Waals surface area contributed by atoms with Crippen LogP contribution in [0.25, 0.3) is 11.1 Å². The van der Waals surface area contributed by atoms with Crippen molar-refractivity contribution in [3.05, 3.63) is 60.2 Å².